The molecule has 9 nitrogen and oxygen atoms in total. The molecule has 1 aromatic carbocycles. The van der Waals surface area contributed by atoms with Crippen LogP contribution < -0.4 is 16.2 Å². The van der Waals surface area contributed by atoms with Crippen LogP contribution in [0.15, 0.2) is 29.2 Å². The van der Waals surface area contributed by atoms with E-state index in [0.717, 1.165) is 28.0 Å². The van der Waals surface area contributed by atoms with Crippen molar-refractivity contribution in [2.24, 2.45) is 5.73 Å². The average molecular weight is 431 g/mol. The average Bonchev–Trinajstić information content (AvgIpc) is 3.15. The number of nitrogens with zero attached hydrogens (tertiary/aromatic N) is 7. The smallest absolute Gasteiger partial charge is 0.293 e. The molecule has 3 aromatic heterocycles. The van der Waals surface area contributed by atoms with Gasteiger partial charge in [0.25, 0.3) is 5.56 Å². The molecule has 0 bridgehead atoms. The number of fused-ring (bicyclic) bond motifs is 2. The first kappa shape index (κ1) is 21.5. The number of nitrogens with two attached hydrogens (primary N) is 1. The van der Waals surface area contributed by atoms with E-state index in [-0.39, 0.29) is 5.56 Å². The third kappa shape index (κ3) is 3.92. The zero-order chi connectivity index (χ0) is 22.8. The molecule has 0 unspecified atom stereocenters. The highest BCUT2D eigenvalue weighted by atomic mass is 16.1. The summed E-state index contributed by atoms with van der Waals surface area (Å²) in [4.78, 5) is 29.1. The van der Waals surface area contributed by atoms with Gasteiger partial charge in [0.05, 0.1) is 41.7 Å². The van der Waals surface area contributed by atoms with E-state index in [9.17, 15) is 4.79 Å². The molecule has 0 aliphatic rings. The van der Waals surface area contributed by atoms with Crippen molar-refractivity contribution in [3.63, 3.8) is 0 Å². The highest BCUT2D eigenvalue weighted by Gasteiger charge is 2.18. The summed E-state index contributed by atoms with van der Waals surface area (Å²) in [6.45, 7) is 7.42. The van der Waals surface area contributed by atoms with Crippen molar-refractivity contribution in [1.29, 1.82) is 0 Å². The zero-order valence-corrected chi connectivity index (χ0v) is 18.8. The predicted molar refractivity (Wildman–Crippen MR) is 126 cm³/mol. The first-order chi connectivity index (χ1) is 15.4. The van der Waals surface area contributed by atoms with Crippen molar-refractivity contribution in [1.82, 2.24) is 29.3 Å². The summed E-state index contributed by atoms with van der Waals surface area (Å²) in [5.74, 6) is 6.58. The highest BCUT2D eigenvalue weighted by molar-refractivity contribution is 5.77. The summed E-state index contributed by atoms with van der Waals surface area (Å²) in [5, 5.41) is 4.37. The van der Waals surface area contributed by atoms with Crippen molar-refractivity contribution < 1.29 is 0 Å². The summed E-state index contributed by atoms with van der Waals surface area (Å²) in [6, 6.07) is 5.83. The van der Waals surface area contributed by atoms with Gasteiger partial charge < -0.3 is 10.6 Å². The molecule has 164 valence electrons. The first-order valence-corrected chi connectivity index (χ1v) is 10.4. The molecule has 9 heteroatoms. The fourth-order valence-corrected chi connectivity index (χ4v) is 3.63. The molecule has 0 atom stereocenters. The van der Waals surface area contributed by atoms with E-state index in [2.05, 4.69) is 31.9 Å². The summed E-state index contributed by atoms with van der Waals surface area (Å²) in [5.41, 5.74) is 10.9. The molecule has 0 radical (unpaired) electrons. The lowest BCUT2D eigenvalue weighted by molar-refractivity contribution is 0.642. The molecular weight excluding hydrogens is 404 g/mol. The molecule has 0 fully saturated rings. The van der Waals surface area contributed by atoms with Gasteiger partial charge in [-0.25, -0.2) is 19.6 Å². The Balaban J connectivity index is 1.79. The van der Waals surface area contributed by atoms with Crippen molar-refractivity contribution in [3.8, 4) is 11.8 Å². The van der Waals surface area contributed by atoms with E-state index in [1.807, 2.05) is 48.6 Å². The van der Waals surface area contributed by atoms with Crippen LogP contribution in [0.4, 0.5) is 5.95 Å². The minimum absolute atomic E-state index is 0.216. The van der Waals surface area contributed by atoms with Crippen LogP contribution in [0.25, 0.3) is 22.1 Å². The Bertz CT molecular complexity index is 1420. The summed E-state index contributed by atoms with van der Waals surface area (Å²) < 4.78 is 3.28. The molecule has 3 heterocycles. The van der Waals surface area contributed by atoms with Gasteiger partial charge in [0.15, 0.2) is 0 Å². The van der Waals surface area contributed by atoms with Crippen LogP contribution in [0.3, 0.4) is 0 Å². The lowest BCUT2D eigenvalue weighted by Crippen LogP contribution is -2.29. The Morgan fingerprint density at radius 3 is 2.56 bits per heavy atom. The van der Waals surface area contributed by atoms with E-state index in [1.165, 1.54) is 4.68 Å². The molecule has 0 spiro atoms. The topological polar surface area (TPSA) is 108 Å². The number of benzene rings is 1. The van der Waals surface area contributed by atoms with Crippen LogP contribution in [0.5, 0.6) is 0 Å². The van der Waals surface area contributed by atoms with Crippen LogP contribution in [-0.4, -0.2) is 49.4 Å². The lowest BCUT2D eigenvalue weighted by atomic mass is 10.2. The molecule has 0 saturated carbocycles. The quantitative estimate of drug-likeness (QED) is 0.463. The number of aryl methyl sites for hydroxylation is 2. The minimum Gasteiger partial charge on any atom is -0.344 e. The standard InChI is InChI=1S/C23H26N8O/c1-5-6-10-30-21-20(28-23(30)29(4)11-9-24)13-25-31(22(21)32)14-17-7-8-18-19(12-17)27-16(3)15(2)26-18/h7-8,12-13H,9-11,14,24H2,1-4H3. The summed E-state index contributed by atoms with van der Waals surface area (Å²) >= 11 is 0. The van der Waals surface area contributed by atoms with Crippen molar-refractivity contribution in [2.75, 3.05) is 25.0 Å². The molecule has 32 heavy (non-hydrogen) atoms. The van der Waals surface area contributed by atoms with Gasteiger partial charge in [-0.2, -0.15) is 5.10 Å². The Hall–Kier alpha value is -3.77. The molecule has 0 aliphatic heterocycles. The van der Waals surface area contributed by atoms with Gasteiger partial charge in [-0.1, -0.05) is 12.0 Å². The molecule has 4 aromatic rings. The lowest BCUT2D eigenvalue weighted by Gasteiger charge is -2.17. The monoisotopic (exact) mass is 430 g/mol. The van der Waals surface area contributed by atoms with Crippen LogP contribution in [0, 0.1) is 25.7 Å². The number of hydrogen-bond acceptors (Lipinski definition) is 7. The number of likely N-dealkylation sites (N-methyl/N-ethyl adjacent to an activating group) is 1. The Morgan fingerprint density at radius 1 is 1.09 bits per heavy atom. The maximum absolute atomic E-state index is 13.4. The second-order valence-corrected chi connectivity index (χ2v) is 7.69. The number of imidazole rings is 1. The molecule has 0 amide bonds. The number of aromatic nitrogens is 6. The van der Waals surface area contributed by atoms with Crippen LogP contribution in [-0.2, 0) is 13.1 Å². The Kier molecular flexibility index (Phi) is 5.88. The van der Waals surface area contributed by atoms with Crippen LogP contribution in [0.1, 0.15) is 23.9 Å². The van der Waals surface area contributed by atoms with Gasteiger partial charge in [0.1, 0.15) is 11.0 Å². The van der Waals surface area contributed by atoms with Crippen LogP contribution in [0.2, 0.25) is 0 Å². The maximum atomic E-state index is 13.4. The fourth-order valence-electron chi connectivity index (χ4n) is 3.63. The molecule has 0 aliphatic carbocycles. The Morgan fingerprint density at radius 2 is 1.84 bits per heavy atom. The third-order valence-electron chi connectivity index (χ3n) is 5.42. The van der Waals surface area contributed by atoms with Crippen molar-refractivity contribution >= 4 is 28.0 Å². The number of anilines is 1. The van der Waals surface area contributed by atoms with E-state index < -0.39 is 0 Å². The van der Waals surface area contributed by atoms with Gasteiger partial charge in [0.2, 0.25) is 5.95 Å². The fraction of sp³-hybridized carbons (Fsp3) is 0.348. The van der Waals surface area contributed by atoms with Gasteiger partial charge in [-0.3, -0.25) is 9.36 Å². The van der Waals surface area contributed by atoms with Crippen molar-refractivity contribution in [2.45, 2.75) is 33.9 Å². The summed E-state index contributed by atoms with van der Waals surface area (Å²) in [6.07, 6.45) is 1.63. The highest BCUT2D eigenvalue weighted by Crippen LogP contribution is 2.19. The SMILES string of the molecule is CC#CCn1c(N(C)CCN)nc2cnn(Cc3ccc4nc(C)c(C)nc4c3)c(=O)c21. The van der Waals surface area contributed by atoms with E-state index in [1.54, 1.807) is 13.1 Å². The van der Waals surface area contributed by atoms with E-state index >= 15 is 0 Å². The van der Waals surface area contributed by atoms with E-state index in [0.29, 0.717) is 43.2 Å². The molecular formula is C23H26N8O. The second-order valence-electron chi connectivity index (χ2n) is 7.69. The number of hydrogen-bond donors (Lipinski definition) is 1. The Labute approximate surface area is 185 Å². The maximum Gasteiger partial charge on any atom is 0.293 e. The normalized spacial score (nSPS) is 11.0. The first-order valence-electron chi connectivity index (χ1n) is 10.4. The second kappa shape index (κ2) is 8.77. The number of rotatable bonds is 6. The predicted octanol–water partition coefficient (Wildman–Crippen LogP) is 1.62. The van der Waals surface area contributed by atoms with Crippen LogP contribution >= 0.6 is 0 Å². The molecule has 4 rings (SSSR count). The molecule has 0 saturated heterocycles. The third-order valence-corrected chi connectivity index (χ3v) is 5.42. The summed E-state index contributed by atoms with van der Waals surface area (Å²) in [7, 11) is 1.90. The largest absolute Gasteiger partial charge is 0.344 e. The molecule has 2 N–H and O–H groups in total. The van der Waals surface area contributed by atoms with Gasteiger partial charge in [-0.05, 0) is 38.5 Å². The van der Waals surface area contributed by atoms with Crippen molar-refractivity contribution in [3.05, 3.63) is 51.7 Å². The van der Waals surface area contributed by atoms with E-state index in [4.69, 9.17) is 5.73 Å². The van der Waals surface area contributed by atoms with Gasteiger partial charge in [-0.15, -0.1) is 5.92 Å². The zero-order valence-electron chi connectivity index (χ0n) is 18.8. The van der Waals surface area contributed by atoms with Gasteiger partial charge >= 0.3 is 0 Å². The van der Waals surface area contributed by atoms with Gasteiger partial charge in [0, 0.05) is 20.1 Å². The minimum atomic E-state index is -0.216.